The van der Waals surface area contributed by atoms with E-state index >= 15 is 0 Å². The fourth-order valence-corrected chi connectivity index (χ4v) is 2.13. The third kappa shape index (κ3) is 4.73. The van der Waals surface area contributed by atoms with E-state index in [9.17, 15) is 4.79 Å². The van der Waals surface area contributed by atoms with Gasteiger partial charge in [0.05, 0.1) is 0 Å². The Morgan fingerprint density at radius 1 is 1.19 bits per heavy atom. The number of benzene rings is 1. The topological polar surface area (TPSA) is 29.1 Å². The molecule has 0 fully saturated rings. The lowest BCUT2D eigenvalue weighted by Crippen LogP contribution is -2.24. The molecule has 0 aliphatic rings. The lowest BCUT2D eigenvalue weighted by atomic mass is 10.2. The molecular weight excluding hydrogens is 313 g/mol. The maximum absolute atomic E-state index is 11.7. The normalized spacial score (nSPS) is 10.2. The number of alkyl halides is 1. The maximum atomic E-state index is 11.7. The van der Waals surface area contributed by atoms with Gasteiger partial charge in [-0.25, -0.2) is 0 Å². The Hall–Kier alpha value is -0.250. The number of carbonyl (C=O) groups is 1. The van der Waals surface area contributed by atoms with Crippen LogP contribution in [0.1, 0.15) is 23.2 Å². The van der Waals surface area contributed by atoms with Gasteiger partial charge >= 0.3 is 0 Å². The Labute approximate surface area is 113 Å². The van der Waals surface area contributed by atoms with Crippen LogP contribution < -0.4 is 5.32 Å². The van der Waals surface area contributed by atoms with E-state index in [2.05, 4.69) is 21.2 Å². The second-order valence-electron chi connectivity index (χ2n) is 3.31. The van der Waals surface area contributed by atoms with Crippen molar-refractivity contribution in [3.8, 4) is 0 Å². The molecule has 5 heteroatoms. The first-order valence-electron chi connectivity index (χ1n) is 4.93. The van der Waals surface area contributed by atoms with Crippen LogP contribution in [-0.2, 0) is 0 Å². The van der Waals surface area contributed by atoms with Crippen molar-refractivity contribution in [2.75, 3.05) is 11.9 Å². The molecule has 1 rings (SSSR count). The van der Waals surface area contributed by atoms with Gasteiger partial charge in [0.2, 0.25) is 0 Å². The molecule has 0 aliphatic carbocycles. The third-order valence-electron chi connectivity index (χ3n) is 1.97. The van der Waals surface area contributed by atoms with Crippen LogP contribution in [0.15, 0.2) is 18.2 Å². The van der Waals surface area contributed by atoms with Gasteiger partial charge in [-0.3, -0.25) is 4.79 Å². The number of amides is 1. The summed E-state index contributed by atoms with van der Waals surface area (Å²) >= 11 is 14.9. The molecular formula is C11H12BrCl2NO. The van der Waals surface area contributed by atoms with Crippen LogP contribution in [-0.4, -0.2) is 17.8 Å². The predicted molar refractivity (Wildman–Crippen MR) is 71.8 cm³/mol. The number of unbranched alkanes of at least 4 members (excludes halogenated alkanes) is 1. The number of rotatable bonds is 5. The zero-order chi connectivity index (χ0) is 12.0. The first kappa shape index (κ1) is 13.8. The Balaban J connectivity index is 2.52. The molecule has 88 valence electrons. The van der Waals surface area contributed by atoms with Gasteiger partial charge in [0.15, 0.2) is 0 Å². The summed E-state index contributed by atoms with van der Waals surface area (Å²) in [6.07, 6.45) is 1.99. The van der Waals surface area contributed by atoms with E-state index in [4.69, 9.17) is 23.2 Å². The highest BCUT2D eigenvalue weighted by molar-refractivity contribution is 9.09. The van der Waals surface area contributed by atoms with Crippen molar-refractivity contribution in [1.82, 2.24) is 5.32 Å². The van der Waals surface area contributed by atoms with Crippen molar-refractivity contribution in [2.45, 2.75) is 12.8 Å². The van der Waals surface area contributed by atoms with Gasteiger partial charge in [-0.05, 0) is 31.0 Å². The van der Waals surface area contributed by atoms with E-state index in [1.165, 1.54) is 0 Å². The monoisotopic (exact) mass is 323 g/mol. The number of halogens is 3. The number of nitrogens with one attached hydrogen (secondary N) is 1. The van der Waals surface area contributed by atoms with Crippen LogP contribution in [0.4, 0.5) is 0 Å². The molecule has 0 heterocycles. The fourth-order valence-electron chi connectivity index (χ4n) is 1.21. The summed E-state index contributed by atoms with van der Waals surface area (Å²) in [6.45, 7) is 0.661. The summed E-state index contributed by atoms with van der Waals surface area (Å²) in [6, 6.07) is 4.81. The number of hydrogen-bond donors (Lipinski definition) is 1. The number of hydrogen-bond acceptors (Lipinski definition) is 1. The second kappa shape index (κ2) is 7.15. The Kier molecular flexibility index (Phi) is 6.17. The second-order valence-corrected chi connectivity index (χ2v) is 4.98. The molecule has 0 unspecified atom stereocenters. The fraction of sp³-hybridized carbons (Fsp3) is 0.364. The molecule has 16 heavy (non-hydrogen) atoms. The largest absolute Gasteiger partial charge is 0.352 e. The third-order valence-corrected chi connectivity index (χ3v) is 2.97. The summed E-state index contributed by atoms with van der Waals surface area (Å²) in [5.41, 5.74) is 0.497. The minimum absolute atomic E-state index is 0.140. The van der Waals surface area contributed by atoms with Crippen molar-refractivity contribution in [1.29, 1.82) is 0 Å². The van der Waals surface area contributed by atoms with Gasteiger partial charge in [0, 0.05) is 27.5 Å². The van der Waals surface area contributed by atoms with Crippen molar-refractivity contribution in [3.05, 3.63) is 33.8 Å². The predicted octanol–water partition coefficient (Wildman–Crippen LogP) is 3.90. The molecule has 1 aromatic rings. The molecule has 0 bridgehead atoms. The van der Waals surface area contributed by atoms with Gasteiger partial charge < -0.3 is 5.32 Å². The van der Waals surface area contributed by atoms with Crippen LogP contribution in [0.25, 0.3) is 0 Å². The van der Waals surface area contributed by atoms with Gasteiger partial charge in [0.25, 0.3) is 5.91 Å². The molecule has 0 atom stereocenters. The molecule has 1 amide bonds. The maximum Gasteiger partial charge on any atom is 0.251 e. The summed E-state index contributed by atoms with van der Waals surface area (Å²) in [5.74, 6) is -0.140. The summed E-state index contributed by atoms with van der Waals surface area (Å²) in [4.78, 5) is 11.7. The van der Waals surface area contributed by atoms with Gasteiger partial charge in [-0.1, -0.05) is 39.1 Å². The summed E-state index contributed by atoms with van der Waals surface area (Å²) in [5, 5.41) is 4.70. The average molecular weight is 325 g/mol. The Morgan fingerprint density at radius 2 is 1.81 bits per heavy atom. The Morgan fingerprint density at radius 3 is 2.38 bits per heavy atom. The standard InChI is InChI=1S/C11H12BrCl2NO/c12-3-1-2-4-15-11(16)8-5-9(13)7-10(14)6-8/h5-7H,1-4H2,(H,15,16). The van der Waals surface area contributed by atoms with Crippen molar-refractivity contribution in [2.24, 2.45) is 0 Å². The lowest BCUT2D eigenvalue weighted by molar-refractivity contribution is 0.0953. The lowest BCUT2D eigenvalue weighted by Gasteiger charge is -2.05. The SMILES string of the molecule is O=C(NCCCCBr)c1cc(Cl)cc(Cl)c1. The van der Waals surface area contributed by atoms with Crippen LogP contribution in [0.5, 0.6) is 0 Å². The molecule has 2 nitrogen and oxygen atoms in total. The van der Waals surface area contributed by atoms with E-state index in [1.807, 2.05) is 0 Å². The van der Waals surface area contributed by atoms with Crippen molar-refractivity contribution < 1.29 is 4.79 Å². The highest BCUT2D eigenvalue weighted by Crippen LogP contribution is 2.18. The first-order valence-corrected chi connectivity index (χ1v) is 6.81. The molecule has 0 aliphatic heterocycles. The van der Waals surface area contributed by atoms with E-state index in [1.54, 1.807) is 18.2 Å². The highest BCUT2D eigenvalue weighted by Gasteiger charge is 2.06. The van der Waals surface area contributed by atoms with E-state index in [0.29, 0.717) is 22.2 Å². The highest BCUT2D eigenvalue weighted by atomic mass is 79.9. The van der Waals surface area contributed by atoms with Gasteiger partial charge in [0.1, 0.15) is 0 Å². The minimum Gasteiger partial charge on any atom is -0.352 e. The van der Waals surface area contributed by atoms with Crippen LogP contribution in [0.2, 0.25) is 10.0 Å². The smallest absolute Gasteiger partial charge is 0.251 e. The van der Waals surface area contributed by atoms with E-state index < -0.39 is 0 Å². The van der Waals surface area contributed by atoms with Crippen LogP contribution in [0.3, 0.4) is 0 Å². The van der Waals surface area contributed by atoms with E-state index in [0.717, 1.165) is 18.2 Å². The molecule has 1 N–H and O–H groups in total. The van der Waals surface area contributed by atoms with Crippen molar-refractivity contribution in [3.63, 3.8) is 0 Å². The molecule has 0 saturated carbocycles. The quantitative estimate of drug-likeness (QED) is 0.646. The van der Waals surface area contributed by atoms with Crippen LogP contribution >= 0.6 is 39.1 Å². The average Bonchev–Trinajstić information content (AvgIpc) is 2.22. The van der Waals surface area contributed by atoms with Crippen molar-refractivity contribution >= 4 is 45.0 Å². The minimum atomic E-state index is -0.140. The van der Waals surface area contributed by atoms with Crippen LogP contribution in [0, 0.1) is 0 Å². The zero-order valence-corrected chi connectivity index (χ0v) is 11.7. The first-order chi connectivity index (χ1) is 7.63. The summed E-state index contributed by atoms with van der Waals surface area (Å²) < 4.78 is 0. The zero-order valence-electron chi connectivity index (χ0n) is 8.60. The van der Waals surface area contributed by atoms with E-state index in [-0.39, 0.29) is 5.91 Å². The molecule has 1 aromatic carbocycles. The Bertz CT molecular complexity index is 351. The molecule has 0 radical (unpaired) electrons. The summed E-state index contributed by atoms with van der Waals surface area (Å²) in [7, 11) is 0. The van der Waals surface area contributed by atoms with Gasteiger partial charge in [-0.2, -0.15) is 0 Å². The molecule has 0 aromatic heterocycles. The molecule has 0 spiro atoms. The van der Waals surface area contributed by atoms with Gasteiger partial charge in [-0.15, -0.1) is 0 Å². The number of carbonyl (C=O) groups excluding carboxylic acids is 1. The molecule has 0 saturated heterocycles.